The van der Waals surface area contributed by atoms with Crippen molar-refractivity contribution in [3.63, 3.8) is 0 Å². The number of carbonyl (C=O) groups excluding carboxylic acids is 5. The van der Waals surface area contributed by atoms with Crippen molar-refractivity contribution in [2.45, 2.75) is 188 Å². The first-order valence-electron chi connectivity index (χ1n) is 39.1. The molecular weight excluding hydrogens is 1620 g/mol. The van der Waals surface area contributed by atoms with Crippen LogP contribution in [0.3, 0.4) is 0 Å². The van der Waals surface area contributed by atoms with Crippen molar-refractivity contribution in [2.75, 3.05) is 30.2 Å². The van der Waals surface area contributed by atoms with Gasteiger partial charge in [0.1, 0.15) is 22.6 Å². The molecule has 19 rings (SSSR count). The Labute approximate surface area is 719 Å². The van der Waals surface area contributed by atoms with Crippen LogP contribution in [0, 0.1) is 20.8 Å². The van der Waals surface area contributed by atoms with Crippen LogP contribution in [0.25, 0.3) is 22.5 Å². The summed E-state index contributed by atoms with van der Waals surface area (Å²) in [6, 6.07) is 46.9. The minimum absolute atomic E-state index is 0. The molecule has 0 unspecified atom stereocenters. The minimum Gasteiger partial charge on any atom is -0.870 e. The van der Waals surface area contributed by atoms with Gasteiger partial charge in [-0.25, -0.2) is 15.0 Å². The molecule has 9 aromatic rings. The van der Waals surface area contributed by atoms with Gasteiger partial charge in [0.25, 0.3) is 0 Å². The number of nitrogens with zero attached hydrogens (tertiary/aromatic N) is 3. The summed E-state index contributed by atoms with van der Waals surface area (Å²) in [6.45, 7) is 13.8. The molecule has 6 aliphatic carbocycles. The molecule has 10 aliphatic rings. The Bertz CT molecular complexity index is 5710. The predicted molar refractivity (Wildman–Crippen MR) is 431 cm³/mol. The molecule has 4 aliphatic heterocycles. The Kier molecular flexibility index (Phi) is 23.6. The first-order valence-corrected chi connectivity index (χ1v) is 39.5. The fourth-order valence-electron chi connectivity index (χ4n) is 15.6. The van der Waals surface area contributed by atoms with Gasteiger partial charge in [-0.3, -0.25) is 28.8 Å². The molecule has 7 N–H and O–H groups in total. The fourth-order valence-corrected chi connectivity index (χ4v) is 15.8. The maximum atomic E-state index is 13.4. The molecule has 0 spiro atoms. The quantitative estimate of drug-likeness (QED) is 0.0268. The summed E-state index contributed by atoms with van der Waals surface area (Å²) in [5.41, 5.74) is 5.75. The van der Waals surface area contributed by atoms with Gasteiger partial charge >= 0.3 is 62.8 Å². The zero-order valence-electron chi connectivity index (χ0n) is 68.6. The molecule has 3 amide bonds. The molecule has 7 heterocycles. The van der Waals surface area contributed by atoms with E-state index in [1.165, 1.54) is 50.6 Å². The summed E-state index contributed by atoms with van der Waals surface area (Å²) < 4.78 is 129. The number of ether oxygens (including phenoxy) is 8. The molecule has 34 heteroatoms. The number of carboxylic acids is 1. The maximum Gasteiger partial charge on any atom is 1.00 e. The third kappa shape index (κ3) is 17.2. The van der Waals surface area contributed by atoms with E-state index >= 15 is 0 Å². The number of fused-ring (bicyclic) bond motifs is 3. The maximum absolute atomic E-state index is 13.4. The minimum atomic E-state index is -3.72. The average Bonchev–Trinajstić information content (AvgIpc) is 1.60. The van der Waals surface area contributed by atoms with Gasteiger partial charge in [0, 0.05) is 11.1 Å². The van der Waals surface area contributed by atoms with E-state index in [9.17, 15) is 60.2 Å². The standard InChI is InChI=1S/C28H24F2N2O5.C27H22F2N2O5.C17H23BO4.C17H13ClF2N2O3.Li.2H2O/c1-16-6-9-22(31-23(16)17-4-3-5-18(14-17)27(12-13-27)25(34)35-2)32-24(33)26(10-11-26)19-7-8-20-21(15-19)37-28(29,30)36-20;1-15-5-8-21(30-22(15)16-3-2-4-17(13-16)26(11-12-26)24(33)34)31-23(32)25(9-10-25)18-6-7-19-20(14-18)36-27(28,29)35-19;1-15(2)16(3,4)22-18(21-15)13-8-6-7-12(11-13)17(9-10-17)14(19)20-5;1-9-2-5-13(21-14(9)18)22-15(23)16(6-7-16)10-3-4-11-12(8-10)25-17(19,20)24-11;;;/h3-9,14-15H,10-13H2,1-2H3,(H,31,32,33);2-8,13-14H,9-12H2,1H3,(H,33,34)(H,30,31,32);6-8,11H,9-10H2,1-5H3;2-5,8H,6-7H2,1H3,(H,21,22,23);;2*1H2/q;;;;+1;;/p-1. The summed E-state index contributed by atoms with van der Waals surface area (Å²) in [6.07, 6.45) is -3.25. The Morgan fingerprint density at radius 3 is 1.02 bits per heavy atom. The number of amides is 3. The number of alkyl halides is 6. The number of halogens is 7. The summed E-state index contributed by atoms with van der Waals surface area (Å²) in [4.78, 5) is 89.0. The molecule has 123 heavy (non-hydrogen) atoms. The number of anilines is 3. The van der Waals surface area contributed by atoms with Crippen LogP contribution in [0.2, 0.25) is 5.15 Å². The largest absolute Gasteiger partial charge is 1.00 e. The van der Waals surface area contributed by atoms with Crippen molar-refractivity contribution >= 4 is 77.3 Å². The number of hydrogen-bond donors (Lipinski definition) is 4. The van der Waals surface area contributed by atoms with E-state index in [0.29, 0.717) is 102 Å². The van der Waals surface area contributed by atoms with Gasteiger partial charge in [-0.2, -0.15) is 0 Å². The number of aromatic nitrogens is 3. The van der Waals surface area contributed by atoms with E-state index in [0.717, 1.165) is 75.7 Å². The van der Waals surface area contributed by atoms with Crippen LogP contribution in [-0.2, 0) is 80.0 Å². The SMILES string of the molecule is COC(=O)C1(c2cccc(-c3nc(NC(=O)C4(c5ccc6c(c5)OC(F)(F)O6)CC4)ccc3C)c2)CC1.COC(=O)C1(c2cccc(B3OC(C)(C)C(C)(C)O3)c2)CC1.Cc1ccc(NC(=O)C2(c3ccc4c(c3)OC(F)(F)O4)CC2)nc1-c1cccc(C2(C(=O)O)CC2)c1.Cc1ccc(NC(=O)C2(c3ccc4c(c3)OC(F)(F)O4)CC2)nc1Cl.O.[Li+].[OH-]. The first-order chi connectivity index (χ1) is 56.8. The second-order valence-electron chi connectivity index (χ2n) is 33.0. The average molecular weight is 1710 g/mol. The summed E-state index contributed by atoms with van der Waals surface area (Å²) in [7, 11) is 2.44. The van der Waals surface area contributed by atoms with Crippen LogP contribution < -0.4 is 68.7 Å². The number of pyridine rings is 3. The predicted octanol–water partition coefficient (Wildman–Crippen LogP) is 12.6. The van der Waals surface area contributed by atoms with Gasteiger partial charge in [-0.1, -0.05) is 109 Å². The normalized spacial score (nSPS) is 19.6. The first kappa shape index (κ1) is 89.5. The smallest absolute Gasteiger partial charge is 0.870 e. The van der Waals surface area contributed by atoms with Gasteiger partial charge in [0.2, 0.25) is 17.7 Å². The van der Waals surface area contributed by atoms with Crippen LogP contribution in [-0.4, -0.2) is 118 Å². The molecule has 3 aromatic heterocycles. The van der Waals surface area contributed by atoms with Crippen LogP contribution in [0.4, 0.5) is 43.8 Å². The molecular formula is C89H85BClF6LiN6O19. The second kappa shape index (κ2) is 32.5. The van der Waals surface area contributed by atoms with Crippen molar-refractivity contribution in [2.24, 2.45) is 0 Å². The third-order valence-corrected chi connectivity index (χ3v) is 24.9. The monoisotopic (exact) mass is 1710 g/mol. The molecule has 1 saturated heterocycles. The number of hydrogen-bond acceptors (Lipinski definition) is 20. The fraction of sp³-hybridized carbons (Fsp3) is 0.360. The van der Waals surface area contributed by atoms with Gasteiger partial charge < -0.3 is 79.2 Å². The summed E-state index contributed by atoms with van der Waals surface area (Å²) >= 11 is 5.97. The van der Waals surface area contributed by atoms with E-state index in [1.54, 1.807) is 42.5 Å². The van der Waals surface area contributed by atoms with Crippen molar-refractivity contribution in [3.05, 3.63) is 219 Å². The molecule has 0 radical (unpaired) electrons. The number of aliphatic carboxylic acids is 1. The number of carbonyl (C=O) groups is 6. The molecule has 25 nitrogen and oxygen atoms in total. The Balaban J connectivity index is 0.000000143. The van der Waals surface area contributed by atoms with Crippen LogP contribution in [0.1, 0.15) is 155 Å². The Morgan fingerprint density at radius 1 is 0.398 bits per heavy atom. The summed E-state index contributed by atoms with van der Waals surface area (Å²) in [5.74, 6) is -1.38. The topological polar surface area (TPSA) is 351 Å². The Hall–Kier alpha value is -11.2. The van der Waals surface area contributed by atoms with Gasteiger partial charge in [-0.15, -0.1) is 26.3 Å². The number of rotatable bonds is 18. The van der Waals surface area contributed by atoms with E-state index in [2.05, 4.69) is 54.3 Å². The van der Waals surface area contributed by atoms with Crippen LogP contribution >= 0.6 is 11.6 Å². The second-order valence-corrected chi connectivity index (χ2v) is 33.4. The van der Waals surface area contributed by atoms with Gasteiger partial charge in [0.05, 0.1) is 69.3 Å². The Morgan fingerprint density at radius 2 is 0.699 bits per heavy atom. The number of carboxylic acid groups (broad SMARTS) is 1. The van der Waals surface area contributed by atoms with E-state index in [4.69, 9.17) is 35.4 Å². The van der Waals surface area contributed by atoms with Crippen molar-refractivity contribution in [3.8, 4) is 57.0 Å². The van der Waals surface area contributed by atoms with E-state index in [1.807, 2.05) is 133 Å². The molecule has 7 fully saturated rings. The number of benzene rings is 6. The van der Waals surface area contributed by atoms with Crippen LogP contribution in [0.5, 0.6) is 34.5 Å². The number of nitrogens with one attached hydrogen (secondary N) is 3. The van der Waals surface area contributed by atoms with E-state index in [-0.39, 0.29) is 105 Å². The number of aryl methyl sites for hydroxylation is 3. The number of esters is 2. The van der Waals surface area contributed by atoms with E-state index < -0.39 is 64.5 Å². The molecule has 0 atom stereocenters. The molecule has 6 saturated carbocycles. The molecule has 0 bridgehead atoms. The molecule has 6 aromatic carbocycles. The molecule has 638 valence electrons. The third-order valence-electron chi connectivity index (χ3n) is 24.5. The van der Waals surface area contributed by atoms with Gasteiger partial charge in [-0.05, 0) is 248 Å². The zero-order valence-corrected chi connectivity index (χ0v) is 69.3. The van der Waals surface area contributed by atoms with Crippen molar-refractivity contribution < 1.29 is 137 Å². The van der Waals surface area contributed by atoms with Crippen molar-refractivity contribution in [1.82, 2.24) is 15.0 Å². The zero-order chi connectivity index (χ0) is 85.3. The number of methoxy groups -OCH3 is 2. The van der Waals surface area contributed by atoms with Gasteiger partial charge in [0.15, 0.2) is 34.5 Å². The summed E-state index contributed by atoms with van der Waals surface area (Å²) in [5, 5.41) is 18.5. The van der Waals surface area contributed by atoms with Crippen molar-refractivity contribution in [1.29, 1.82) is 0 Å². The van der Waals surface area contributed by atoms with Crippen LogP contribution in [0.15, 0.2) is 164 Å².